The van der Waals surface area contributed by atoms with E-state index in [9.17, 15) is 4.79 Å². The van der Waals surface area contributed by atoms with Gasteiger partial charge in [0.15, 0.2) is 0 Å². The number of carbonyl (C=O) groups excluding carboxylic acids is 1. The third kappa shape index (κ3) is 2.93. The van der Waals surface area contributed by atoms with Gasteiger partial charge in [0, 0.05) is 12.8 Å². The van der Waals surface area contributed by atoms with Gasteiger partial charge >= 0.3 is 0 Å². The number of benzene rings is 1. The zero-order valence-electron chi connectivity index (χ0n) is 8.41. The van der Waals surface area contributed by atoms with Crippen LogP contribution in [-0.4, -0.2) is 11.9 Å². The minimum Gasteiger partial charge on any atom is -0.489 e. The van der Waals surface area contributed by atoms with Crippen LogP contribution in [0.15, 0.2) is 24.3 Å². The lowest BCUT2D eigenvalue weighted by Gasteiger charge is -2.22. The third-order valence-electron chi connectivity index (χ3n) is 2.57. The summed E-state index contributed by atoms with van der Waals surface area (Å²) >= 11 is 2.25. The molecule has 0 N–H and O–H groups in total. The molecule has 15 heavy (non-hydrogen) atoms. The molecule has 1 saturated carbocycles. The molecule has 1 aliphatic carbocycles. The Morgan fingerprint density at radius 2 is 2.13 bits per heavy atom. The zero-order valence-corrected chi connectivity index (χ0v) is 10.6. The summed E-state index contributed by atoms with van der Waals surface area (Å²) in [5.74, 6) is 1.23. The Balaban J connectivity index is 2.02. The van der Waals surface area contributed by atoms with Gasteiger partial charge in [0.1, 0.15) is 17.6 Å². The fraction of sp³-hybridized carbons (Fsp3) is 0.417. The molecule has 3 heteroatoms. The third-order valence-corrected chi connectivity index (χ3v) is 3.46. The largest absolute Gasteiger partial charge is 0.489 e. The van der Waals surface area contributed by atoms with Crippen LogP contribution < -0.4 is 4.74 Å². The summed E-state index contributed by atoms with van der Waals surface area (Å²) in [5, 5.41) is 0. The van der Waals surface area contributed by atoms with Gasteiger partial charge in [-0.3, -0.25) is 4.79 Å². The van der Waals surface area contributed by atoms with Gasteiger partial charge in [-0.2, -0.15) is 0 Å². The molecule has 0 amide bonds. The molecule has 0 radical (unpaired) electrons. The van der Waals surface area contributed by atoms with E-state index < -0.39 is 0 Å². The molecule has 2 nitrogen and oxygen atoms in total. The van der Waals surface area contributed by atoms with Crippen molar-refractivity contribution in [3.05, 3.63) is 27.8 Å². The lowest BCUT2D eigenvalue weighted by atomic mass is 9.96. The summed E-state index contributed by atoms with van der Waals surface area (Å²) < 4.78 is 6.93. The number of carbonyl (C=O) groups is 1. The summed E-state index contributed by atoms with van der Waals surface area (Å²) in [6, 6.07) is 7.92. The Morgan fingerprint density at radius 3 is 2.87 bits per heavy atom. The van der Waals surface area contributed by atoms with Crippen LogP contribution >= 0.6 is 22.6 Å². The summed E-state index contributed by atoms with van der Waals surface area (Å²) in [4.78, 5) is 11.3. The number of halogens is 1. The molecule has 0 spiro atoms. The van der Waals surface area contributed by atoms with Crippen LogP contribution in [-0.2, 0) is 4.79 Å². The fourth-order valence-corrected chi connectivity index (χ4v) is 2.32. The average Bonchev–Trinajstić information content (AvgIpc) is 2.22. The van der Waals surface area contributed by atoms with Crippen molar-refractivity contribution in [3.63, 3.8) is 0 Å². The highest BCUT2D eigenvalue weighted by atomic mass is 127. The van der Waals surface area contributed by atoms with Crippen molar-refractivity contribution in [2.24, 2.45) is 0 Å². The van der Waals surface area contributed by atoms with Crippen LogP contribution in [0.5, 0.6) is 5.75 Å². The summed E-state index contributed by atoms with van der Waals surface area (Å²) in [6.07, 6.45) is 3.35. The number of hydrogen-bond donors (Lipinski definition) is 0. The maximum absolute atomic E-state index is 11.3. The van der Waals surface area contributed by atoms with E-state index >= 15 is 0 Å². The van der Waals surface area contributed by atoms with Crippen molar-refractivity contribution < 1.29 is 9.53 Å². The van der Waals surface area contributed by atoms with E-state index in [1.54, 1.807) is 0 Å². The number of ether oxygens (including phenoxy) is 1. The fourth-order valence-electron chi connectivity index (χ4n) is 1.81. The Labute approximate surface area is 103 Å². The first-order valence-corrected chi connectivity index (χ1v) is 6.26. The molecule has 1 aromatic carbocycles. The number of hydrogen-bond acceptors (Lipinski definition) is 2. The highest BCUT2D eigenvalue weighted by Gasteiger charge is 2.21. The highest BCUT2D eigenvalue weighted by molar-refractivity contribution is 14.1. The molecule has 0 heterocycles. The predicted molar refractivity (Wildman–Crippen MR) is 67.1 cm³/mol. The second-order valence-corrected chi connectivity index (χ2v) is 4.97. The van der Waals surface area contributed by atoms with Gasteiger partial charge in [-0.1, -0.05) is 12.1 Å². The number of ketones is 1. The molecule has 0 saturated heterocycles. The van der Waals surface area contributed by atoms with Gasteiger partial charge < -0.3 is 4.74 Å². The highest BCUT2D eigenvalue weighted by Crippen LogP contribution is 2.25. The monoisotopic (exact) mass is 316 g/mol. The van der Waals surface area contributed by atoms with Gasteiger partial charge in [0.05, 0.1) is 3.57 Å². The Kier molecular flexibility index (Phi) is 3.61. The molecular formula is C12H13IO2. The minimum atomic E-state index is 0.0853. The molecule has 80 valence electrons. The first-order chi connectivity index (χ1) is 7.25. The first-order valence-electron chi connectivity index (χ1n) is 5.18. The Hall–Kier alpha value is -0.580. The molecule has 1 unspecified atom stereocenters. The molecule has 0 aliphatic heterocycles. The summed E-state index contributed by atoms with van der Waals surface area (Å²) in [5.41, 5.74) is 0. The molecule has 2 rings (SSSR count). The molecule has 1 atom stereocenters. The normalized spacial score (nSPS) is 21.4. The van der Waals surface area contributed by atoms with Crippen molar-refractivity contribution in [1.29, 1.82) is 0 Å². The molecule has 1 fully saturated rings. The van der Waals surface area contributed by atoms with Crippen LogP contribution in [0.25, 0.3) is 0 Å². The molecular weight excluding hydrogens is 303 g/mol. The van der Waals surface area contributed by atoms with Crippen molar-refractivity contribution in [1.82, 2.24) is 0 Å². The van der Waals surface area contributed by atoms with Crippen molar-refractivity contribution in [3.8, 4) is 5.75 Å². The standard InChI is InChI=1S/C12H13IO2/c13-11-6-1-2-7-12(11)15-10-5-3-4-9(14)8-10/h1-2,6-7,10H,3-5,8H2. The van der Waals surface area contributed by atoms with Crippen molar-refractivity contribution in [2.75, 3.05) is 0 Å². The van der Waals surface area contributed by atoms with E-state index in [-0.39, 0.29) is 6.10 Å². The zero-order chi connectivity index (χ0) is 10.7. The van der Waals surface area contributed by atoms with E-state index in [4.69, 9.17) is 4.74 Å². The van der Waals surface area contributed by atoms with Gasteiger partial charge in [0.2, 0.25) is 0 Å². The lowest BCUT2D eigenvalue weighted by Crippen LogP contribution is -2.25. The summed E-state index contributed by atoms with van der Waals surface area (Å²) in [7, 11) is 0. The number of para-hydroxylation sites is 1. The molecule has 0 aromatic heterocycles. The first kappa shape index (κ1) is 10.9. The van der Waals surface area contributed by atoms with Gasteiger partial charge in [-0.15, -0.1) is 0 Å². The lowest BCUT2D eigenvalue weighted by molar-refractivity contribution is -0.122. The maximum atomic E-state index is 11.3. The van der Waals surface area contributed by atoms with E-state index in [2.05, 4.69) is 22.6 Å². The van der Waals surface area contributed by atoms with E-state index in [1.165, 1.54) is 0 Å². The second-order valence-electron chi connectivity index (χ2n) is 3.81. The van der Waals surface area contributed by atoms with Gasteiger partial charge in [-0.25, -0.2) is 0 Å². The van der Waals surface area contributed by atoms with Crippen LogP contribution in [0.4, 0.5) is 0 Å². The SMILES string of the molecule is O=C1CCCC(Oc2ccccc2I)C1. The summed E-state index contributed by atoms with van der Waals surface area (Å²) in [6.45, 7) is 0. The topological polar surface area (TPSA) is 26.3 Å². The predicted octanol–water partition coefficient (Wildman–Crippen LogP) is 3.18. The Bertz CT molecular complexity index is 362. The second kappa shape index (κ2) is 4.96. The van der Waals surface area contributed by atoms with Crippen LogP contribution in [0.2, 0.25) is 0 Å². The molecule has 1 aliphatic rings. The van der Waals surface area contributed by atoms with E-state index in [0.717, 1.165) is 28.6 Å². The van der Waals surface area contributed by atoms with Gasteiger partial charge in [-0.05, 0) is 47.6 Å². The van der Waals surface area contributed by atoms with Crippen LogP contribution in [0, 0.1) is 3.57 Å². The molecule has 0 bridgehead atoms. The number of Topliss-reactive ketones (excluding diaryl/α,β-unsaturated/α-hetero) is 1. The number of rotatable bonds is 2. The van der Waals surface area contributed by atoms with Crippen molar-refractivity contribution >= 4 is 28.4 Å². The van der Waals surface area contributed by atoms with Crippen molar-refractivity contribution in [2.45, 2.75) is 31.8 Å². The quantitative estimate of drug-likeness (QED) is 0.784. The maximum Gasteiger partial charge on any atom is 0.136 e. The van der Waals surface area contributed by atoms with Gasteiger partial charge in [0.25, 0.3) is 0 Å². The van der Waals surface area contributed by atoms with E-state index in [0.29, 0.717) is 12.2 Å². The smallest absolute Gasteiger partial charge is 0.136 e. The minimum absolute atomic E-state index is 0.0853. The van der Waals surface area contributed by atoms with Crippen LogP contribution in [0.3, 0.4) is 0 Å². The Morgan fingerprint density at radius 1 is 1.33 bits per heavy atom. The van der Waals surface area contributed by atoms with Crippen LogP contribution in [0.1, 0.15) is 25.7 Å². The molecule has 1 aromatic rings. The van der Waals surface area contributed by atoms with E-state index in [1.807, 2.05) is 24.3 Å². The average molecular weight is 316 g/mol.